The van der Waals surface area contributed by atoms with Crippen molar-refractivity contribution in [1.82, 2.24) is 0 Å². The molecule has 2 nitrogen and oxygen atoms in total. The molecule has 0 aromatic rings. The van der Waals surface area contributed by atoms with E-state index >= 15 is 0 Å². The van der Waals surface area contributed by atoms with Crippen molar-refractivity contribution in [2.75, 3.05) is 0 Å². The number of unbranched alkanes of at least 4 members (excludes halogenated alkanes) is 2. The summed E-state index contributed by atoms with van der Waals surface area (Å²) in [5.74, 6) is 0.0671. The Morgan fingerprint density at radius 1 is 1.17 bits per heavy atom. The summed E-state index contributed by atoms with van der Waals surface area (Å²) in [6.07, 6.45) is 3.84. The Morgan fingerprint density at radius 2 is 1.75 bits per heavy atom. The zero-order chi connectivity index (χ0) is 8.69. The summed E-state index contributed by atoms with van der Waals surface area (Å²) in [6, 6.07) is 0. The Hall–Kier alpha value is -0.128. The Bertz CT molecular complexity index is 143. The molecule has 0 spiro atoms. The molecule has 0 heterocycles. The number of hydrogen-bond donors (Lipinski definition) is 0. The van der Waals surface area contributed by atoms with E-state index in [0.717, 1.165) is 19.3 Å². The van der Waals surface area contributed by atoms with Crippen LogP contribution >= 0.6 is 0 Å². The third-order valence-corrected chi connectivity index (χ3v) is 1.51. The van der Waals surface area contributed by atoms with Crippen molar-refractivity contribution in [3.05, 3.63) is 0 Å². The maximum Gasteiger partial charge on any atom is 0.140 e. The fourth-order valence-electron chi connectivity index (χ4n) is 0.938. The van der Waals surface area contributed by atoms with Crippen LogP contribution in [0.1, 0.15) is 46.0 Å². The largest absolute Gasteiger partial charge is 0.300 e. The van der Waals surface area contributed by atoms with E-state index in [2.05, 4.69) is 6.92 Å². The minimum Gasteiger partial charge on any atom is -0.300 e. The normalized spacial score (nSPS) is 8.83. The number of rotatable bonds is 6. The minimum atomic E-state index is -0.0218. The van der Waals surface area contributed by atoms with Gasteiger partial charge in [0, 0.05) is 23.8 Å². The molecular weight excluding hydrogens is 192 g/mol. The number of ketones is 2. The molecule has 0 N–H and O–H groups in total. The zero-order valence-electron chi connectivity index (χ0n) is 7.76. The summed E-state index contributed by atoms with van der Waals surface area (Å²) in [7, 11) is 0. The first-order valence-corrected chi connectivity index (χ1v) is 4.18. The Morgan fingerprint density at radius 3 is 2.17 bits per heavy atom. The van der Waals surface area contributed by atoms with Crippen molar-refractivity contribution in [1.29, 1.82) is 0 Å². The number of carbonyl (C=O) groups is 2. The number of hydrogen-bond acceptors (Lipinski definition) is 2. The third kappa shape index (κ3) is 9.87. The van der Waals surface area contributed by atoms with Crippen molar-refractivity contribution in [2.45, 2.75) is 46.0 Å². The molecule has 0 fully saturated rings. The second-order valence-electron chi connectivity index (χ2n) is 2.87. The van der Waals surface area contributed by atoms with E-state index in [-0.39, 0.29) is 35.3 Å². The first kappa shape index (κ1) is 14.4. The van der Waals surface area contributed by atoms with E-state index in [1.807, 2.05) is 0 Å². The van der Waals surface area contributed by atoms with Crippen LogP contribution in [0.15, 0.2) is 0 Å². The molecule has 0 saturated carbocycles. The van der Waals surface area contributed by atoms with E-state index in [1.54, 1.807) is 0 Å². The van der Waals surface area contributed by atoms with Crippen molar-refractivity contribution in [3.8, 4) is 0 Å². The molecule has 0 rings (SSSR count). The fourth-order valence-corrected chi connectivity index (χ4v) is 0.938. The minimum absolute atomic E-state index is 0. The summed E-state index contributed by atoms with van der Waals surface area (Å²) in [5, 5.41) is 0. The van der Waals surface area contributed by atoms with Gasteiger partial charge in [0.1, 0.15) is 11.6 Å². The number of Topliss-reactive ketones (excluding diaryl/α,β-unsaturated/α-hetero) is 2. The van der Waals surface area contributed by atoms with Crippen LogP contribution in [0.3, 0.4) is 0 Å². The van der Waals surface area contributed by atoms with E-state index < -0.39 is 0 Å². The molecule has 0 amide bonds. The molecule has 0 aliphatic heterocycles. The van der Waals surface area contributed by atoms with Crippen molar-refractivity contribution >= 4 is 11.6 Å². The van der Waals surface area contributed by atoms with Crippen LogP contribution in [0, 0.1) is 0 Å². The molecule has 0 aromatic heterocycles. The van der Waals surface area contributed by atoms with Gasteiger partial charge in [0.05, 0.1) is 6.42 Å². The Labute approximate surface area is 84.9 Å². The monoisotopic (exact) mass is 208 g/mol. The maximum absolute atomic E-state index is 10.9. The van der Waals surface area contributed by atoms with Crippen LogP contribution in [-0.4, -0.2) is 11.6 Å². The summed E-state index contributed by atoms with van der Waals surface area (Å²) in [4.78, 5) is 21.4. The summed E-state index contributed by atoms with van der Waals surface area (Å²) >= 11 is 0. The maximum atomic E-state index is 10.9. The molecule has 0 aliphatic rings. The van der Waals surface area contributed by atoms with Crippen molar-refractivity contribution < 1.29 is 27.0 Å². The number of carbonyl (C=O) groups excluding carboxylic acids is 2. The summed E-state index contributed by atoms with van der Waals surface area (Å²) in [5.41, 5.74) is 0. The Balaban J connectivity index is 0. The second kappa shape index (κ2) is 8.96. The average molecular weight is 208 g/mol. The van der Waals surface area contributed by atoms with Gasteiger partial charge in [-0.3, -0.25) is 9.59 Å². The fraction of sp³-hybridized carbons (Fsp3) is 0.778. The quantitative estimate of drug-likeness (QED) is 0.495. The molecule has 0 unspecified atom stereocenters. The molecular formula is C9H16CrO2. The van der Waals surface area contributed by atoms with Gasteiger partial charge < -0.3 is 0 Å². The zero-order valence-corrected chi connectivity index (χ0v) is 9.04. The molecule has 0 aromatic carbocycles. The van der Waals surface area contributed by atoms with Crippen LogP contribution in [0.5, 0.6) is 0 Å². The molecule has 12 heavy (non-hydrogen) atoms. The summed E-state index contributed by atoms with van der Waals surface area (Å²) in [6.45, 7) is 3.55. The van der Waals surface area contributed by atoms with Gasteiger partial charge in [-0.1, -0.05) is 19.8 Å². The molecule has 70 valence electrons. The SMILES string of the molecule is CCCCCC(=O)CC(C)=O.[Cr]. The first-order chi connectivity index (χ1) is 5.16. The van der Waals surface area contributed by atoms with Gasteiger partial charge in [-0.15, -0.1) is 0 Å². The van der Waals surface area contributed by atoms with Gasteiger partial charge in [-0.25, -0.2) is 0 Å². The van der Waals surface area contributed by atoms with Crippen molar-refractivity contribution in [3.63, 3.8) is 0 Å². The summed E-state index contributed by atoms with van der Waals surface area (Å²) < 4.78 is 0. The third-order valence-electron chi connectivity index (χ3n) is 1.51. The molecule has 0 radical (unpaired) electrons. The van der Waals surface area contributed by atoms with Gasteiger partial charge in [0.15, 0.2) is 0 Å². The van der Waals surface area contributed by atoms with E-state index in [0.29, 0.717) is 6.42 Å². The smallest absolute Gasteiger partial charge is 0.140 e. The van der Waals surface area contributed by atoms with Gasteiger partial charge >= 0.3 is 0 Å². The van der Waals surface area contributed by atoms with Crippen molar-refractivity contribution in [2.24, 2.45) is 0 Å². The second-order valence-corrected chi connectivity index (χ2v) is 2.87. The molecule has 0 saturated heterocycles. The first-order valence-electron chi connectivity index (χ1n) is 4.18. The van der Waals surface area contributed by atoms with Gasteiger partial charge in [0.25, 0.3) is 0 Å². The molecule has 0 aliphatic carbocycles. The van der Waals surface area contributed by atoms with E-state index in [9.17, 15) is 9.59 Å². The predicted octanol–water partition coefficient (Wildman–Crippen LogP) is 2.11. The van der Waals surface area contributed by atoms with Crippen LogP contribution in [0.4, 0.5) is 0 Å². The van der Waals surface area contributed by atoms with E-state index in [1.165, 1.54) is 6.92 Å². The van der Waals surface area contributed by atoms with Crippen LogP contribution < -0.4 is 0 Å². The van der Waals surface area contributed by atoms with E-state index in [4.69, 9.17) is 0 Å². The average Bonchev–Trinajstić information content (AvgIpc) is 1.86. The molecule has 0 bridgehead atoms. The molecule has 0 atom stereocenters. The van der Waals surface area contributed by atoms with Gasteiger partial charge in [-0.2, -0.15) is 0 Å². The standard InChI is InChI=1S/C9H16O2.Cr/c1-3-4-5-6-9(11)7-8(2)10;/h3-7H2,1-2H3;. The Kier molecular flexibility index (Phi) is 10.8. The predicted molar refractivity (Wildman–Crippen MR) is 44.4 cm³/mol. The van der Waals surface area contributed by atoms with Gasteiger partial charge in [-0.05, 0) is 13.3 Å². The molecule has 3 heteroatoms. The van der Waals surface area contributed by atoms with Gasteiger partial charge in [0.2, 0.25) is 0 Å². The van der Waals surface area contributed by atoms with Crippen LogP contribution in [0.2, 0.25) is 0 Å². The van der Waals surface area contributed by atoms with Crippen LogP contribution in [-0.2, 0) is 27.0 Å². The van der Waals surface area contributed by atoms with Crippen LogP contribution in [0.25, 0.3) is 0 Å². The topological polar surface area (TPSA) is 34.1 Å².